The largest absolute Gasteiger partial charge is 0.351 e. The van der Waals surface area contributed by atoms with Crippen LogP contribution in [0.2, 0.25) is 5.02 Å². The molecule has 1 amide bonds. The normalized spacial score (nSPS) is 18.1. The van der Waals surface area contributed by atoms with Crippen molar-refractivity contribution in [3.63, 3.8) is 0 Å². The van der Waals surface area contributed by atoms with Crippen molar-refractivity contribution in [2.24, 2.45) is 5.84 Å². The van der Waals surface area contributed by atoms with Crippen LogP contribution in [0.3, 0.4) is 0 Å². The number of anilines is 1. The molecule has 1 aromatic rings. The van der Waals surface area contributed by atoms with Crippen molar-refractivity contribution in [3.05, 3.63) is 34.9 Å². The van der Waals surface area contributed by atoms with E-state index in [0.29, 0.717) is 5.02 Å². The molecule has 0 unspecified atom stereocenters. The standard InChI is InChI=1S/C15H20ClN3O/c1-9-8-15(3,4)19(10(2)14(20)18-17)13-7-11(16)5-6-12(9)13/h5-8,10H,17H2,1-4H3,(H,18,20)/t10-/m1/s1. The number of carbonyl (C=O) groups excluding carboxylic acids is 1. The van der Waals surface area contributed by atoms with Gasteiger partial charge in [-0.1, -0.05) is 23.7 Å². The number of carbonyl (C=O) groups is 1. The van der Waals surface area contributed by atoms with E-state index in [1.807, 2.05) is 30.0 Å². The van der Waals surface area contributed by atoms with Gasteiger partial charge < -0.3 is 4.90 Å². The van der Waals surface area contributed by atoms with Gasteiger partial charge in [0.05, 0.1) is 5.54 Å². The van der Waals surface area contributed by atoms with E-state index in [4.69, 9.17) is 17.4 Å². The second-order valence-corrected chi connectivity index (χ2v) is 6.13. The predicted molar refractivity (Wildman–Crippen MR) is 83.5 cm³/mol. The molecule has 0 radical (unpaired) electrons. The zero-order chi connectivity index (χ0) is 15.1. The van der Waals surface area contributed by atoms with Crippen molar-refractivity contribution in [1.29, 1.82) is 0 Å². The number of rotatable bonds is 2. The Hall–Kier alpha value is -1.52. The molecule has 1 aromatic carbocycles. The maximum atomic E-state index is 11.9. The number of nitrogens with zero attached hydrogens (tertiary/aromatic N) is 1. The molecule has 0 aliphatic carbocycles. The number of halogens is 1. The Morgan fingerprint density at radius 2 is 2.10 bits per heavy atom. The van der Waals surface area contributed by atoms with Gasteiger partial charge in [0, 0.05) is 16.3 Å². The number of hydrogen-bond acceptors (Lipinski definition) is 3. The highest BCUT2D eigenvalue weighted by Crippen LogP contribution is 2.41. The van der Waals surface area contributed by atoms with E-state index in [1.165, 1.54) is 5.57 Å². The average molecular weight is 294 g/mol. The van der Waals surface area contributed by atoms with Crippen molar-refractivity contribution in [2.75, 3.05) is 4.90 Å². The van der Waals surface area contributed by atoms with Gasteiger partial charge in [-0.2, -0.15) is 0 Å². The molecule has 1 heterocycles. The lowest BCUT2D eigenvalue weighted by Gasteiger charge is -2.46. The Bertz CT molecular complexity index is 580. The van der Waals surface area contributed by atoms with Crippen LogP contribution in [0.5, 0.6) is 0 Å². The molecule has 0 saturated carbocycles. The van der Waals surface area contributed by atoms with Crippen LogP contribution in [0.4, 0.5) is 5.69 Å². The van der Waals surface area contributed by atoms with Gasteiger partial charge in [0.1, 0.15) is 6.04 Å². The van der Waals surface area contributed by atoms with Gasteiger partial charge in [0.25, 0.3) is 5.91 Å². The van der Waals surface area contributed by atoms with Gasteiger partial charge in [0.2, 0.25) is 0 Å². The molecule has 4 nitrogen and oxygen atoms in total. The molecule has 3 N–H and O–H groups in total. The predicted octanol–water partition coefficient (Wildman–Crippen LogP) is 2.72. The third-order valence-corrected chi connectivity index (χ3v) is 3.98. The molecule has 2 rings (SSSR count). The fourth-order valence-electron chi connectivity index (χ4n) is 2.97. The molecule has 0 fully saturated rings. The highest BCUT2D eigenvalue weighted by Gasteiger charge is 2.36. The lowest BCUT2D eigenvalue weighted by atomic mass is 9.87. The van der Waals surface area contributed by atoms with E-state index in [9.17, 15) is 4.79 Å². The number of hydrazine groups is 1. The number of amides is 1. The number of fused-ring (bicyclic) bond motifs is 1. The number of allylic oxidation sites excluding steroid dienone is 1. The topological polar surface area (TPSA) is 58.4 Å². The molecule has 1 aliphatic heterocycles. The average Bonchev–Trinajstić information content (AvgIpc) is 2.35. The summed E-state index contributed by atoms with van der Waals surface area (Å²) in [5.74, 6) is 5.05. The molecule has 0 aromatic heterocycles. The van der Waals surface area contributed by atoms with Crippen LogP contribution in [0, 0.1) is 0 Å². The first kappa shape index (κ1) is 14.9. The van der Waals surface area contributed by atoms with Gasteiger partial charge in [-0.3, -0.25) is 10.2 Å². The van der Waals surface area contributed by atoms with Gasteiger partial charge in [-0.15, -0.1) is 0 Å². The molecular weight excluding hydrogens is 274 g/mol. The van der Waals surface area contributed by atoms with Gasteiger partial charge in [0.15, 0.2) is 0 Å². The van der Waals surface area contributed by atoms with Crippen LogP contribution in [0.15, 0.2) is 24.3 Å². The zero-order valence-corrected chi connectivity index (χ0v) is 13.0. The first-order valence-corrected chi connectivity index (χ1v) is 6.95. The lowest BCUT2D eigenvalue weighted by Crippen LogP contribution is -2.56. The monoisotopic (exact) mass is 293 g/mol. The zero-order valence-electron chi connectivity index (χ0n) is 12.2. The van der Waals surface area contributed by atoms with Crippen molar-refractivity contribution < 1.29 is 4.79 Å². The molecule has 108 valence electrons. The van der Waals surface area contributed by atoms with E-state index >= 15 is 0 Å². The fourth-order valence-corrected chi connectivity index (χ4v) is 3.14. The van der Waals surface area contributed by atoms with E-state index < -0.39 is 6.04 Å². The fraction of sp³-hybridized carbons (Fsp3) is 0.400. The number of nitrogens with two attached hydrogens (primary N) is 1. The summed E-state index contributed by atoms with van der Waals surface area (Å²) in [5.41, 5.74) is 5.15. The highest BCUT2D eigenvalue weighted by atomic mass is 35.5. The number of benzene rings is 1. The van der Waals surface area contributed by atoms with Crippen LogP contribution in [-0.2, 0) is 4.79 Å². The minimum Gasteiger partial charge on any atom is -0.351 e. The number of hydrogen-bond donors (Lipinski definition) is 2. The van der Waals surface area contributed by atoms with Crippen molar-refractivity contribution in [2.45, 2.75) is 39.3 Å². The van der Waals surface area contributed by atoms with Gasteiger partial charge >= 0.3 is 0 Å². The van der Waals surface area contributed by atoms with Crippen LogP contribution in [0.25, 0.3) is 5.57 Å². The third-order valence-electron chi connectivity index (χ3n) is 3.74. The molecule has 0 bridgehead atoms. The Kier molecular flexibility index (Phi) is 3.80. The first-order chi connectivity index (χ1) is 9.27. The summed E-state index contributed by atoms with van der Waals surface area (Å²) in [7, 11) is 0. The Balaban J connectivity index is 2.61. The summed E-state index contributed by atoms with van der Waals surface area (Å²) in [6.45, 7) is 8.05. The molecule has 1 atom stereocenters. The van der Waals surface area contributed by atoms with Crippen LogP contribution < -0.4 is 16.2 Å². The summed E-state index contributed by atoms with van der Waals surface area (Å²) >= 11 is 6.13. The highest BCUT2D eigenvalue weighted by molar-refractivity contribution is 6.31. The van der Waals surface area contributed by atoms with E-state index in [0.717, 1.165) is 11.3 Å². The molecular formula is C15H20ClN3O. The Morgan fingerprint density at radius 1 is 1.45 bits per heavy atom. The molecule has 0 spiro atoms. The third kappa shape index (κ3) is 2.41. The summed E-state index contributed by atoms with van der Waals surface area (Å²) in [4.78, 5) is 14.0. The Labute approximate surface area is 124 Å². The number of nitrogens with one attached hydrogen (secondary N) is 1. The summed E-state index contributed by atoms with van der Waals surface area (Å²) in [6, 6.07) is 5.35. The SMILES string of the molecule is CC1=CC(C)(C)N([C@H](C)C(=O)NN)c2cc(Cl)ccc21. The summed E-state index contributed by atoms with van der Waals surface area (Å²) in [5, 5.41) is 0.652. The van der Waals surface area contributed by atoms with Crippen LogP contribution >= 0.6 is 11.6 Å². The van der Waals surface area contributed by atoms with E-state index in [-0.39, 0.29) is 11.4 Å². The Morgan fingerprint density at radius 3 is 2.70 bits per heavy atom. The van der Waals surface area contributed by atoms with Crippen molar-refractivity contribution >= 4 is 28.8 Å². The maximum absolute atomic E-state index is 11.9. The molecule has 1 aliphatic rings. The molecule has 0 saturated heterocycles. The second kappa shape index (κ2) is 5.11. The van der Waals surface area contributed by atoms with Crippen molar-refractivity contribution in [1.82, 2.24) is 5.43 Å². The minimum atomic E-state index is -0.392. The van der Waals surface area contributed by atoms with Crippen LogP contribution in [-0.4, -0.2) is 17.5 Å². The molecule has 5 heteroatoms. The van der Waals surface area contributed by atoms with Crippen LogP contribution in [0.1, 0.15) is 33.3 Å². The minimum absolute atomic E-state index is 0.225. The van der Waals surface area contributed by atoms with E-state index in [1.54, 1.807) is 0 Å². The smallest absolute Gasteiger partial charge is 0.256 e. The van der Waals surface area contributed by atoms with Gasteiger partial charge in [-0.25, -0.2) is 5.84 Å². The quantitative estimate of drug-likeness (QED) is 0.501. The summed E-state index contributed by atoms with van der Waals surface area (Å²) in [6.07, 6.45) is 2.16. The maximum Gasteiger partial charge on any atom is 0.256 e. The van der Waals surface area contributed by atoms with Crippen molar-refractivity contribution in [3.8, 4) is 0 Å². The summed E-state index contributed by atoms with van der Waals surface area (Å²) < 4.78 is 0. The van der Waals surface area contributed by atoms with Gasteiger partial charge in [-0.05, 0) is 45.4 Å². The first-order valence-electron chi connectivity index (χ1n) is 6.57. The molecule has 20 heavy (non-hydrogen) atoms. The van der Waals surface area contributed by atoms with E-state index in [2.05, 4.69) is 32.3 Å². The lowest BCUT2D eigenvalue weighted by molar-refractivity contribution is -0.122. The second-order valence-electron chi connectivity index (χ2n) is 5.70.